The Morgan fingerprint density at radius 1 is 1.16 bits per heavy atom. The molecule has 0 saturated heterocycles. The van der Waals surface area contributed by atoms with Crippen molar-refractivity contribution in [3.8, 4) is 0 Å². The topological polar surface area (TPSA) is 95.5 Å². The van der Waals surface area contributed by atoms with Gasteiger partial charge in [-0.05, 0) is 25.0 Å². The largest absolute Gasteiger partial charge is 0.480 e. The van der Waals surface area contributed by atoms with Gasteiger partial charge in [0, 0.05) is 5.56 Å². The van der Waals surface area contributed by atoms with E-state index >= 15 is 0 Å². The van der Waals surface area contributed by atoms with Crippen molar-refractivity contribution in [1.29, 1.82) is 0 Å². The van der Waals surface area contributed by atoms with Gasteiger partial charge >= 0.3 is 5.97 Å². The third-order valence-electron chi connectivity index (χ3n) is 2.98. The summed E-state index contributed by atoms with van der Waals surface area (Å²) in [7, 11) is 0. The normalized spacial score (nSPS) is 15.4. The van der Waals surface area contributed by atoms with Gasteiger partial charge in [-0.3, -0.25) is 9.59 Å². The first kappa shape index (κ1) is 13.1. The number of rotatable bonds is 5. The summed E-state index contributed by atoms with van der Waals surface area (Å²) >= 11 is 0. The van der Waals surface area contributed by atoms with E-state index in [-0.39, 0.29) is 12.5 Å². The van der Waals surface area contributed by atoms with Gasteiger partial charge in [-0.15, -0.1) is 0 Å². The molecular weight excluding hydrogens is 248 g/mol. The van der Waals surface area contributed by atoms with Gasteiger partial charge in [-0.25, -0.2) is 4.79 Å². The Bertz CT molecular complexity index is 509. The van der Waals surface area contributed by atoms with E-state index in [0.29, 0.717) is 18.4 Å². The second-order valence-corrected chi connectivity index (χ2v) is 4.48. The molecule has 0 unspecified atom stereocenters. The van der Waals surface area contributed by atoms with E-state index in [1.165, 1.54) is 0 Å². The number of nitrogens with one attached hydrogen (secondary N) is 2. The number of benzene rings is 1. The molecule has 1 aromatic rings. The average Bonchev–Trinajstić information content (AvgIpc) is 3.18. The zero-order valence-electron chi connectivity index (χ0n) is 10.2. The molecule has 0 aromatic heterocycles. The minimum atomic E-state index is -1.12. The fraction of sp³-hybridized carbons (Fsp3) is 0.308. The molecule has 6 nitrogen and oxygen atoms in total. The Labute approximate surface area is 109 Å². The Balaban J connectivity index is 1.81. The van der Waals surface area contributed by atoms with E-state index in [1.807, 2.05) is 0 Å². The van der Waals surface area contributed by atoms with Gasteiger partial charge in [0.25, 0.3) is 5.91 Å². The summed E-state index contributed by atoms with van der Waals surface area (Å²) in [6.45, 7) is -0.233. The SMILES string of the molecule is O=C(CNC(=O)c1ccccc1)NC1(C(=O)O)CC1. The lowest BCUT2D eigenvalue weighted by atomic mass is 10.2. The monoisotopic (exact) mass is 262 g/mol. The molecule has 1 fully saturated rings. The first-order valence-electron chi connectivity index (χ1n) is 5.91. The standard InChI is InChI=1S/C13H14N2O4/c16-10(15-13(6-7-13)12(18)19)8-14-11(17)9-4-2-1-3-5-9/h1-5H,6-8H2,(H,14,17)(H,15,16)(H,18,19). The molecule has 0 heterocycles. The van der Waals surface area contributed by atoms with Crippen LogP contribution in [0.4, 0.5) is 0 Å². The van der Waals surface area contributed by atoms with Crippen LogP contribution in [0.5, 0.6) is 0 Å². The van der Waals surface area contributed by atoms with Crippen LogP contribution in [-0.4, -0.2) is 35.0 Å². The minimum Gasteiger partial charge on any atom is -0.480 e. The van der Waals surface area contributed by atoms with Crippen molar-refractivity contribution in [3.63, 3.8) is 0 Å². The molecule has 0 spiro atoms. The molecule has 0 aliphatic heterocycles. The Morgan fingerprint density at radius 2 is 1.79 bits per heavy atom. The molecule has 2 rings (SSSR count). The van der Waals surface area contributed by atoms with Gasteiger partial charge in [-0.1, -0.05) is 18.2 Å². The molecule has 0 bridgehead atoms. The van der Waals surface area contributed by atoms with Crippen LogP contribution in [0.2, 0.25) is 0 Å². The molecule has 1 aliphatic carbocycles. The molecule has 19 heavy (non-hydrogen) atoms. The summed E-state index contributed by atoms with van der Waals surface area (Å²) in [4.78, 5) is 34.1. The zero-order chi connectivity index (χ0) is 13.9. The maximum atomic E-state index is 11.7. The van der Waals surface area contributed by atoms with Crippen molar-refractivity contribution in [2.45, 2.75) is 18.4 Å². The molecule has 3 N–H and O–H groups in total. The third kappa shape index (κ3) is 3.09. The van der Waals surface area contributed by atoms with E-state index in [2.05, 4.69) is 10.6 Å². The van der Waals surface area contributed by atoms with E-state index in [9.17, 15) is 14.4 Å². The van der Waals surface area contributed by atoms with Crippen LogP contribution in [-0.2, 0) is 9.59 Å². The predicted molar refractivity (Wildman–Crippen MR) is 66.5 cm³/mol. The second-order valence-electron chi connectivity index (χ2n) is 4.48. The first-order chi connectivity index (χ1) is 9.03. The lowest BCUT2D eigenvalue weighted by Gasteiger charge is -2.12. The first-order valence-corrected chi connectivity index (χ1v) is 5.91. The number of carboxylic acids is 1. The Hall–Kier alpha value is -2.37. The van der Waals surface area contributed by atoms with Gasteiger partial charge in [0.05, 0.1) is 6.54 Å². The average molecular weight is 262 g/mol. The maximum absolute atomic E-state index is 11.7. The summed E-state index contributed by atoms with van der Waals surface area (Å²) in [5.41, 5.74) is -0.663. The van der Waals surface area contributed by atoms with Crippen molar-refractivity contribution < 1.29 is 19.5 Å². The van der Waals surface area contributed by atoms with Crippen molar-refractivity contribution in [3.05, 3.63) is 35.9 Å². The molecule has 1 aromatic carbocycles. The predicted octanol–water partition coefficient (Wildman–Crippen LogP) is 0.150. The van der Waals surface area contributed by atoms with Crippen LogP contribution in [0.1, 0.15) is 23.2 Å². The van der Waals surface area contributed by atoms with Crippen molar-refractivity contribution >= 4 is 17.8 Å². The van der Waals surface area contributed by atoms with Crippen LogP contribution in [0.15, 0.2) is 30.3 Å². The summed E-state index contributed by atoms with van der Waals surface area (Å²) in [5, 5.41) is 13.8. The van der Waals surface area contributed by atoms with E-state index in [0.717, 1.165) is 0 Å². The number of carboxylic acid groups (broad SMARTS) is 1. The van der Waals surface area contributed by atoms with Gasteiger partial charge in [-0.2, -0.15) is 0 Å². The fourth-order valence-electron chi connectivity index (χ4n) is 1.68. The van der Waals surface area contributed by atoms with Gasteiger partial charge < -0.3 is 15.7 Å². The fourth-order valence-corrected chi connectivity index (χ4v) is 1.68. The highest BCUT2D eigenvalue weighted by Crippen LogP contribution is 2.35. The summed E-state index contributed by atoms with van der Waals surface area (Å²) < 4.78 is 0. The Morgan fingerprint density at radius 3 is 2.32 bits per heavy atom. The van der Waals surface area contributed by atoms with E-state index in [4.69, 9.17) is 5.11 Å². The molecule has 6 heteroatoms. The van der Waals surface area contributed by atoms with E-state index in [1.54, 1.807) is 30.3 Å². The zero-order valence-corrected chi connectivity index (χ0v) is 10.2. The van der Waals surface area contributed by atoms with Crippen molar-refractivity contribution in [2.24, 2.45) is 0 Å². The van der Waals surface area contributed by atoms with Gasteiger partial charge in [0.1, 0.15) is 5.54 Å². The van der Waals surface area contributed by atoms with Gasteiger partial charge in [0.2, 0.25) is 5.91 Å². The molecule has 1 saturated carbocycles. The van der Waals surface area contributed by atoms with Crippen LogP contribution >= 0.6 is 0 Å². The number of carbonyl (C=O) groups excluding carboxylic acids is 2. The molecule has 1 aliphatic rings. The maximum Gasteiger partial charge on any atom is 0.329 e. The molecule has 0 radical (unpaired) electrons. The van der Waals surface area contributed by atoms with Crippen LogP contribution < -0.4 is 10.6 Å². The lowest BCUT2D eigenvalue weighted by molar-refractivity contribution is -0.143. The highest BCUT2D eigenvalue weighted by molar-refractivity contribution is 5.97. The smallest absolute Gasteiger partial charge is 0.329 e. The summed E-state index contributed by atoms with van der Waals surface area (Å²) in [6, 6.07) is 8.49. The summed E-state index contributed by atoms with van der Waals surface area (Å²) in [6.07, 6.45) is 0.863. The number of amides is 2. The van der Waals surface area contributed by atoms with Crippen molar-refractivity contribution in [1.82, 2.24) is 10.6 Å². The molecule has 2 amide bonds. The van der Waals surface area contributed by atoms with E-state index < -0.39 is 17.4 Å². The number of hydrogen-bond acceptors (Lipinski definition) is 3. The Kier molecular flexibility index (Phi) is 3.50. The molecule has 0 atom stereocenters. The minimum absolute atomic E-state index is 0.233. The van der Waals surface area contributed by atoms with Crippen molar-refractivity contribution in [2.75, 3.05) is 6.54 Å². The third-order valence-corrected chi connectivity index (χ3v) is 2.98. The quantitative estimate of drug-likeness (QED) is 0.704. The second kappa shape index (κ2) is 5.09. The highest BCUT2D eigenvalue weighted by atomic mass is 16.4. The summed E-state index contributed by atoms with van der Waals surface area (Å²) in [5.74, 6) is -1.89. The van der Waals surface area contributed by atoms with Crippen LogP contribution in [0, 0.1) is 0 Å². The number of carbonyl (C=O) groups is 3. The number of hydrogen-bond donors (Lipinski definition) is 3. The molecular formula is C13H14N2O4. The lowest BCUT2D eigenvalue weighted by Crippen LogP contribution is -2.47. The number of aliphatic carboxylic acids is 1. The van der Waals surface area contributed by atoms with Gasteiger partial charge in [0.15, 0.2) is 0 Å². The molecule has 100 valence electrons. The highest BCUT2D eigenvalue weighted by Gasteiger charge is 2.51. The van der Waals surface area contributed by atoms with Crippen LogP contribution in [0.25, 0.3) is 0 Å². The van der Waals surface area contributed by atoms with Crippen LogP contribution in [0.3, 0.4) is 0 Å².